The minimum Gasteiger partial charge on any atom is -0.330 e. The number of nitrogens with two attached hydrogens (primary N) is 1. The average Bonchev–Trinajstić information content (AvgIpc) is 2.45. The summed E-state index contributed by atoms with van der Waals surface area (Å²) in [5, 5.41) is 0. The molecule has 1 aliphatic heterocycles. The second kappa shape index (κ2) is 6.43. The number of sulfone groups is 1. The number of nitrogens with zero attached hydrogens (tertiary/aromatic N) is 1. The average molecular weight is 332 g/mol. The molecule has 118 valence electrons. The Hall–Kier alpha value is -0.960. The molecule has 8 heteroatoms. The first-order chi connectivity index (χ1) is 9.85. The molecule has 0 aliphatic carbocycles. The Bertz CT molecular complexity index is 667. The SMILES string of the molecule is NCCCc1ccc(S(=O)(=O)N2CCS(=O)(=O)CC2)cc1. The first kappa shape index (κ1) is 16.4. The van der Waals surface area contributed by atoms with Gasteiger partial charge >= 0.3 is 0 Å². The molecule has 0 saturated carbocycles. The van der Waals surface area contributed by atoms with Crippen LogP contribution >= 0.6 is 0 Å². The monoisotopic (exact) mass is 332 g/mol. The zero-order chi connectivity index (χ0) is 15.5. The molecule has 2 N–H and O–H groups in total. The molecule has 6 nitrogen and oxygen atoms in total. The Morgan fingerprint density at radius 2 is 1.67 bits per heavy atom. The van der Waals surface area contributed by atoms with E-state index < -0.39 is 19.9 Å². The molecule has 0 spiro atoms. The van der Waals surface area contributed by atoms with E-state index in [9.17, 15) is 16.8 Å². The van der Waals surface area contributed by atoms with Gasteiger partial charge in [0.15, 0.2) is 9.84 Å². The minimum atomic E-state index is -3.61. The second-order valence-electron chi connectivity index (χ2n) is 5.09. The molecule has 1 heterocycles. The number of sulfonamides is 1. The molecule has 0 bridgehead atoms. The summed E-state index contributed by atoms with van der Waals surface area (Å²) >= 11 is 0. The quantitative estimate of drug-likeness (QED) is 0.818. The molecule has 0 unspecified atom stereocenters. The maximum Gasteiger partial charge on any atom is 0.243 e. The van der Waals surface area contributed by atoms with Crippen molar-refractivity contribution in [3.8, 4) is 0 Å². The van der Waals surface area contributed by atoms with Crippen LogP contribution in [0.5, 0.6) is 0 Å². The lowest BCUT2D eigenvalue weighted by atomic mass is 10.1. The van der Waals surface area contributed by atoms with Crippen LogP contribution in [0, 0.1) is 0 Å². The summed E-state index contributed by atoms with van der Waals surface area (Å²) < 4.78 is 48.9. The highest BCUT2D eigenvalue weighted by molar-refractivity contribution is 7.92. The maximum atomic E-state index is 12.4. The van der Waals surface area contributed by atoms with Gasteiger partial charge in [0.05, 0.1) is 16.4 Å². The molecule has 0 radical (unpaired) electrons. The Morgan fingerprint density at radius 3 is 2.19 bits per heavy atom. The van der Waals surface area contributed by atoms with Gasteiger partial charge in [0.25, 0.3) is 0 Å². The summed E-state index contributed by atoms with van der Waals surface area (Å²) in [6, 6.07) is 6.71. The van der Waals surface area contributed by atoms with Gasteiger partial charge in [-0.05, 0) is 37.1 Å². The molecule has 1 fully saturated rings. The normalized spacial score (nSPS) is 19.5. The standard InChI is InChI=1S/C13H20N2O4S2/c14-7-1-2-12-3-5-13(6-4-12)21(18,19)15-8-10-20(16,17)11-9-15/h3-6H,1-2,7-11,14H2. The Morgan fingerprint density at radius 1 is 1.10 bits per heavy atom. The fourth-order valence-corrected chi connectivity index (χ4v) is 5.09. The zero-order valence-corrected chi connectivity index (χ0v) is 13.4. The highest BCUT2D eigenvalue weighted by Gasteiger charge is 2.30. The molecule has 1 aromatic carbocycles. The largest absolute Gasteiger partial charge is 0.330 e. The van der Waals surface area contributed by atoms with Crippen molar-refractivity contribution in [2.75, 3.05) is 31.1 Å². The third-order valence-corrected chi connectivity index (χ3v) is 7.06. The van der Waals surface area contributed by atoms with Crippen LogP contribution in [0.3, 0.4) is 0 Å². The summed E-state index contributed by atoms with van der Waals surface area (Å²) in [5.41, 5.74) is 6.49. The van der Waals surface area contributed by atoms with Gasteiger partial charge in [-0.15, -0.1) is 0 Å². The Kier molecular flexibility index (Phi) is 5.03. The second-order valence-corrected chi connectivity index (χ2v) is 9.33. The van der Waals surface area contributed by atoms with E-state index in [0.29, 0.717) is 6.54 Å². The van der Waals surface area contributed by atoms with Crippen LogP contribution in [0.15, 0.2) is 29.2 Å². The van der Waals surface area contributed by atoms with E-state index in [1.807, 2.05) is 0 Å². The minimum absolute atomic E-state index is 0.0274. The number of benzene rings is 1. The number of hydrogen-bond donors (Lipinski definition) is 1. The maximum absolute atomic E-state index is 12.4. The van der Waals surface area contributed by atoms with Crippen LogP contribution in [0.4, 0.5) is 0 Å². The van der Waals surface area contributed by atoms with E-state index >= 15 is 0 Å². The summed E-state index contributed by atoms with van der Waals surface area (Å²) in [5.74, 6) is -0.221. The van der Waals surface area contributed by atoms with Gasteiger partial charge in [0, 0.05) is 13.1 Å². The predicted octanol–water partition coefficient (Wildman–Crippen LogP) is -0.00300. The Labute approximate surface area is 125 Å². The van der Waals surface area contributed by atoms with Gasteiger partial charge in [-0.2, -0.15) is 4.31 Å². The van der Waals surface area contributed by atoms with Gasteiger partial charge in [-0.3, -0.25) is 0 Å². The molecule has 2 rings (SSSR count). The number of hydrogen-bond acceptors (Lipinski definition) is 5. The molecule has 1 aliphatic rings. The topological polar surface area (TPSA) is 97.5 Å². The number of aryl methyl sites for hydroxylation is 1. The molecule has 21 heavy (non-hydrogen) atoms. The van der Waals surface area contributed by atoms with E-state index in [2.05, 4.69) is 0 Å². The summed E-state index contributed by atoms with van der Waals surface area (Å²) in [4.78, 5) is 0.207. The van der Waals surface area contributed by atoms with Crippen LogP contribution in [0.1, 0.15) is 12.0 Å². The highest BCUT2D eigenvalue weighted by atomic mass is 32.2. The molecule has 0 atom stereocenters. The van der Waals surface area contributed by atoms with Gasteiger partial charge in [0.2, 0.25) is 10.0 Å². The number of rotatable bonds is 5. The lowest BCUT2D eigenvalue weighted by Gasteiger charge is -2.26. The first-order valence-electron chi connectivity index (χ1n) is 6.85. The predicted molar refractivity (Wildman–Crippen MR) is 81.2 cm³/mol. The molecule has 1 aromatic rings. The van der Waals surface area contributed by atoms with E-state index in [4.69, 9.17) is 5.73 Å². The van der Waals surface area contributed by atoms with Crippen molar-refractivity contribution >= 4 is 19.9 Å². The molecular weight excluding hydrogens is 312 g/mol. The van der Waals surface area contributed by atoms with Gasteiger partial charge in [-0.25, -0.2) is 16.8 Å². The van der Waals surface area contributed by atoms with E-state index in [1.54, 1.807) is 24.3 Å². The van der Waals surface area contributed by atoms with Crippen molar-refractivity contribution in [1.82, 2.24) is 4.31 Å². The van der Waals surface area contributed by atoms with Gasteiger partial charge in [-0.1, -0.05) is 12.1 Å². The summed E-state index contributed by atoms with van der Waals surface area (Å²) in [7, 11) is -6.70. The van der Waals surface area contributed by atoms with E-state index in [0.717, 1.165) is 18.4 Å². The van der Waals surface area contributed by atoms with Crippen LogP contribution in [0.25, 0.3) is 0 Å². The first-order valence-corrected chi connectivity index (χ1v) is 10.1. The lowest BCUT2D eigenvalue weighted by Crippen LogP contribution is -2.43. The van der Waals surface area contributed by atoms with E-state index in [1.165, 1.54) is 4.31 Å². The third kappa shape index (κ3) is 4.03. The van der Waals surface area contributed by atoms with Crippen LogP contribution in [-0.4, -0.2) is 52.3 Å². The van der Waals surface area contributed by atoms with Gasteiger partial charge in [0.1, 0.15) is 0 Å². The smallest absolute Gasteiger partial charge is 0.243 e. The summed E-state index contributed by atoms with van der Waals surface area (Å²) in [6.45, 7) is 0.654. The van der Waals surface area contributed by atoms with Crippen molar-refractivity contribution in [2.24, 2.45) is 5.73 Å². The van der Waals surface area contributed by atoms with Crippen molar-refractivity contribution in [3.63, 3.8) is 0 Å². The van der Waals surface area contributed by atoms with Crippen molar-refractivity contribution in [1.29, 1.82) is 0 Å². The molecule has 1 saturated heterocycles. The fourth-order valence-electron chi connectivity index (χ4n) is 2.22. The highest BCUT2D eigenvalue weighted by Crippen LogP contribution is 2.19. The zero-order valence-electron chi connectivity index (χ0n) is 11.7. The third-order valence-electron chi connectivity index (χ3n) is 3.53. The molecule has 0 amide bonds. The Balaban J connectivity index is 2.12. The summed E-state index contributed by atoms with van der Waals surface area (Å²) in [6.07, 6.45) is 1.68. The van der Waals surface area contributed by atoms with Crippen molar-refractivity contribution < 1.29 is 16.8 Å². The van der Waals surface area contributed by atoms with Crippen LogP contribution < -0.4 is 5.73 Å². The molecule has 0 aromatic heterocycles. The fraction of sp³-hybridized carbons (Fsp3) is 0.538. The van der Waals surface area contributed by atoms with Crippen molar-refractivity contribution in [2.45, 2.75) is 17.7 Å². The lowest BCUT2D eigenvalue weighted by molar-refractivity contribution is 0.431. The van der Waals surface area contributed by atoms with Crippen LogP contribution in [-0.2, 0) is 26.3 Å². The van der Waals surface area contributed by atoms with Crippen LogP contribution in [0.2, 0.25) is 0 Å². The molecular formula is C13H20N2O4S2. The van der Waals surface area contributed by atoms with Crippen molar-refractivity contribution in [3.05, 3.63) is 29.8 Å². The van der Waals surface area contributed by atoms with E-state index in [-0.39, 0.29) is 29.5 Å². The van der Waals surface area contributed by atoms with Gasteiger partial charge < -0.3 is 5.73 Å².